The van der Waals surface area contributed by atoms with E-state index in [-0.39, 0.29) is 5.41 Å². The van der Waals surface area contributed by atoms with Crippen LogP contribution in [0.5, 0.6) is 0 Å². The molecule has 0 spiro atoms. The minimum Gasteiger partial charge on any atom is -0.456 e. The number of fused-ring (bicyclic) bond motifs is 9. The average molecular weight is 693 g/mol. The first-order valence-corrected chi connectivity index (χ1v) is 18.7. The van der Waals surface area contributed by atoms with E-state index < -0.39 is 0 Å². The number of para-hydroxylation sites is 4. The zero-order valence-electron chi connectivity index (χ0n) is 30.1. The van der Waals surface area contributed by atoms with Gasteiger partial charge < -0.3 is 13.9 Å². The molecule has 2 aromatic heterocycles. The molecule has 3 nitrogen and oxygen atoms in total. The molecule has 0 saturated carbocycles. The van der Waals surface area contributed by atoms with E-state index in [1.807, 2.05) is 6.07 Å². The van der Waals surface area contributed by atoms with Crippen LogP contribution in [0.3, 0.4) is 0 Å². The van der Waals surface area contributed by atoms with Gasteiger partial charge in [0.1, 0.15) is 11.2 Å². The maximum atomic E-state index is 6.42. The van der Waals surface area contributed by atoms with Crippen LogP contribution >= 0.6 is 0 Å². The summed E-state index contributed by atoms with van der Waals surface area (Å²) in [5.74, 6) is 0. The molecule has 1 aliphatic carbocycles. The lowest BCUT2D eigenvalue weighted by molar-refractivity contribution is 0.660. The Balaban J connectivity index is 1.24. The van der Waals surface area contributed by atoms with E-state index in [1.165, 1.54) is 38.5 Å². The lowest BCUT2D eigenvalue weighted by Crippen LogP contribution is -2.15. The first-order chi connectivity index (χ1) is 26.6. The van der Waals surface area contributed by atoms with Gasteiger partial charge in [0, 0.05) is 43.9 Å². The fourth-order valence-corrected chi connectivity index (χ4v) is 9.19. The Morgan fingerprint density at radius 3 is 1.96 bits per heavy atom. The van der Waals surface area contributed by atoms with Crippen molar-refractivity contribution in [3.8, 4) is 27.9 Å². The van der Waals surface area contributed by atoms with Gasteiger partial charge in [0.25, 0.3) is 0 Å². The van der Waals surface area contributed by atoms with E-state index in [0.717, 1.165) is 61.3 Å². The maximum absolute atomic E-state index is 6.42. The summed E-state index contributed by atoms with van der Waals surface area (Å²) in [6.07, 6.45) is 0. The highest BCUT2D eigenvalue weighted by Crippen LogP contribution is 2.53. The van der Waals surface area contributed by atoms with Crippen molar-refractivity contribution < 1.29 is 4.42 Å². The monoisotopic (exact) mass is 692 g/mol. The number of benzene rings is 8. The fraction of sp³-hybridized carbons (Fsp3) is 0.0588. The van der Waals surface area contributed by atoms with Gasteiger partial charge in [0.05, 0.1) is 22.4 Å². The minimum atomic E-state index is -0.0890. The van der Waals surface area contributed by atoms with Crippen molar-refractivity contribution >= 4 is 60.8 Å². The smallest absolute Gasteiger partial charge is 0.136 e. The highest BCUT2D eigenvalue weighted by Gasteiger charge is 2.36. The summed E-state index contributed by atoms with van der Waals surface area (Å²) in [5.41, 5.74) is 16.1. The van der Waals surface area contributed by atoms with Crippen molar-refractivity contribution in [3.63, 3.8) is 0 Å². The topological polar surface area (TPSA) is 21.3 Å². The van der Waals surface area contributed by atoms with Crippen LogP contribution in [0.25, 0.3) is 71.7 Å². The normalized spacial score (nSPS) is 13.1. The van der Waals surface area contributed by atoms with Crippen LogP contribution in [-0.4, -0.2) is 4.57 Å². The second-order valence-corrected chi connectivity index (χ2v) is 14.9. The summed E-state index contributed by atoms with van der Waals surface area (Å²) in [6.45, 7) is 4.69. The Kier molecular flexibility index (Phi) is 6.60. The summed E-state index contributed by atoms with van der Waals surface area (Å²) in [5, 5.41) is 4.67. The predicted molar refractivity (Wildman–Crippen MR) is 226 cm³/mol. The second kappa shape index (κ2) is 11.6. The molecule has 0 N–H and O–H groups in total. The van der Waals surface area contributed by atoms with Crippen molar-refractivity contribution in [1.82, 2.24) is 4.57 Å². The molecule has 0 aliphatic heterocycles. The van der Waals surface area contributed by atoms with Crippen LogP contribution in [0.4, 0.5) is 17.1 Å². The number of furan rings is 1. The molecule has 54 heavy (non-hydrogen) atoms. The van der Waals surface area contributed by atoms with Gasteiger partial charge in [-0.3, -0.25) is 0 Å². The molecule has 8 aromatic carbocycles. The lowest BCUT2D eigenvalue weighted by Gasteiger charge is -2.30. The van der Waals surface area contributed by atoms with Gasteiger partial charge in [0.2, 0.25) is 0 Å². The van der Waals surface area contributed by atoms with E-state index in [4.69, 9.17) is 4.42 Å². The molecule has 2 heterocycles. The van der Waals surface area contributed by atoms with Crippen molar-refractivity contribution in [2.45, 2.75) is 19.3 Å². The number of hydrogen-bond donors (Lipinski definition) is 0. The van der Waals surface area contributed by atoms with Gasteiger partial charge in [-0.2, -0.15) is 0 Å². The second-order valence-electron chi connectivity index (χ2n) is 14.9. The summed E-state index contributed by atoms with van der Waals surface area (Å²) in [4.78, 5) is 2.49. The van der Waals surface area contributed by atoms with Gasteiger partial charge in [-0.1, -0.05) is 135 Å². The zero-order chi connectivity index (χ0) is 36.0. The third-order valence-corrected chi connectivity index (χ3v) is 11.6. The van der Waals surface area contributed by atoms with Gasteiger partial charge in [-0.15, -0.1) is 0 Å². The number of rotatable bonds is 5. The zero-order valence-corrected chi connectivity index (χ0v) is 30.1. The highest BCUT2D eigenvalue weighted by atomic mass is 16.3. The van der Waals surface area contributed by atoms with Gasteiger partial charge in [0.15, 0.2) is 0 Å². The molecule has 0 saturated heterocycles. The third-order valence-electron chi connectivity index (χ3n) is 11.6. The number of hydrogen-bond acceptors (Lipinski definition) is 2. The van der Waals surface area contributed by atoms with Crippen LogP contribution in [0.1, 0.15) is 25.0 Å². The lowest BCUT2D eigenvalue weighted by atomic mass is 9.82. The number of anilines is 3. The molecule has 0 atom stereocenters. The molecule has 3 heteroatoms. The Morgan fingerprint density at radius 2 is 1.07 bits per heavy atom. The molecular weight excluding hydrogens is 657 g/mol. The third kappa shape index (κ3) is 4.36. The maximum Gasteiger partial charge on any atom is 0.136 e. The molecule has 256 valence electrons. The Bertz CT molecular complexity index is 3090. The van der Waals surface area contributed by atoms with E-state index >= 15 is 0 Å². The van der Waals surface area contributed by atoms with Crippen molar-refractivity contribution in [1.29, 1.82) is 0 Å². The van der Waals surface area contributed by atoms with Crippen LogP contribution < -0.4 is 4.90 Å². The minimum absolute atomic E-state index is 0.0890. The van der Waals surface area contributed by atoms with E-state index in [0.29, 0.717) is 0 Å². The largest absolute Gasteiger partial charge is 0.456 e. The quantitative estimate of drug-likeness (QED) is 0.179. The van der Waals surface area contributed by atoms with Crippen molar-refractivity contribution in [3.05, 3.63) is 193 Å². The fourth-order valence-electron chi connectivity index (χ4n) is 9.19. The Hall–Kier alpha value is -6.84. The summed E-state index contributed by atoms with van der Waals surface area (Å²) < 4.78 is 8.82. The Morgan fingerprint density at radius 1 is 0.444 bits per heavy atom. The Labute approximate surface area is 314 Å². The standard InChI is InChI=1S/C51H36N2O/c1-51(2)41-23-10-6-18-35(41)40-32-34(30-31-42(40)51)53(43-24-11-7-19-36(43)37-22-14-29-48-49(37)39-21-9-13-28-47(39)54-48)46-27-15-26-45-50(46)38-20-8-12-25-44(38)52(45)33-16-4-3-5-17-33/h3-32H,1-2H3. The number of aromatic nitrogens is 1. The van der Waals surface area contributed by atoms with Gasteiger partial charge in [-0.25, -0.2) is 0 Å². The molecular formula is C51H36N2O. The van der Waals surface area contributed by atoms with E-state index in [1.54, 1.807) is 0 Å². The van der Waals surface area contributed by atoms with Gasteiger partial charge >= 0.3 is 0 Å². The molecule has 1 aliphatic rings. The number of nitrogens with zero attached hydrogens (tertiary/aromatic N) is 2. The summed E-state index contributed by atoms with van der Waals surface area (Å²) >= 11 is 0. The predicted octanol–water partition coefficient (Wildman–Crippen LogP) is 14.1. The van der Waals surface area contributed by atoms with Crippen molar-refractivity contribution in [2.75, 3.05) is 4.90 Å². The summed E-state index contributed by atoms with van der Waals surface area (Å²) in [6, 6.07) is 65.9. The molecule has 10 aromatic rings. The SMILES string of the molecule is CC1(C)c2ccccc2-c2cc(N(c3ccccc3-c3cccc4oc5ccccc5c34)c3cccc4c3c3ccccc3n4-c3ccccc3)ccc21. The molecule has 0 amide bonds. The van der Waals surface area contributed by atoms with Crippen LogP contribution in [0.2, 0.25) is 0 Å². The first-order valence-electron chi connectivity index (χ1n) is 18.7. The summed E-state index contributed by atoms with van der Waals surface area (Å²) in [7, 11) is 0. The molecule has 0 radical (unpaired) electrons. The van der Waals surface area contributed by atoms with Crippen LogP contribution in [0, 0.1) is 0 Å². The van der Waals surface area contributed by atoms with Crippen molar-refractivity contribution in [2.24, 2.45) is 0 Å². The molecule has 0 fully saturated rings. The van der Waals surface area contributed by atoms with E-state index in [2.05, 4.69) is 199 Å². The van der Waals surface area contributed by atoms with E-state index in [9.17, 15) is 0 Å². The van der Waals surface area contributed by atoms with Crippen LogP contribution in [-0.2, 0) is 5.41 Å². The molecule has 0 bridgehead atoms. The van der Waals surface area contributed by atoms with Gasteiger partial charge in [-0.05, 0) is 88.5 Å². The average Bonchev–Trinajstić information content (AvgIpc) is 3.85. The van der Waals surface area contributed by atoms with Crippen LogP contribution in [0.15, 0.2) is 186 Å². The molecule has 11 rings (SSSR count). The highest BCUT2D eigenvalue weighted by molar-refractivity contribution is 6.18. The molecule has 0 unspecified atom stereocenters. The first kappa shape index (κ1) is 30.8.